The van der Waals surface area contributed by atoms with Crippen molar-refractivity contribution in [3.05, 3.63) is 88.6 Å². The van der Waals surface area contributed by atoms with Crippen molar-refractivity contribution < 1.29 is 9.90 Å². The number of carboxylic acids is 1. The Bertz CT molecular complexity index is 1080. The lowest BCUT2D eigenvalue weighted by molar-refractivity contribution is -0.138. The number of aromatic nitrogens is 1. The van der Waals surface area contributed by atoms with Gasteiger partial charge >= 0.3 is 5.97 Å². The van der Waals surface area contributed by atoms with Gasteiger partial charge in [-0.15, -0.1) is 0 Å². The van der Waals surface area contributed by atoms with Gasteiger partial charge in [0.25, 0.3) is 0 Å². The van der Waals surface area contributed by atoms with Crippen molar-refractivity contribution in [3.8, 4) is 0 Å². The van der Waals surface area contributed by atoms with Gasteiger partial charge in [0.05, 0.1) is 23.7 Å². The van der Waals surface area contributed by atoms with Crippen LogP contribution in [0.15, 0.2) is 66.9 Å². The van der Waals surface area contributed by atoms with Crippen molar-refractivity contribution in [3.63, 3.8) is 0 Å². The first-order valence-corrected chi connectivity index (χ1v) is 11.2. The first-order valence-electron chi connectivity index (χ1n) is 10.8. The maximum atomic E-state index is 11.4. The summed E-state index contributed by atoms with van der Waals surface area (Å²) in [6.45, 7) is 3.16. The van der Waals surface area contributed by atoms with Crippen LogP contribution >= 0.6 is 11.6 Å². The largest absolute Gasteiger partial charge is 0.481 e. The van der Waals surface area contributed by atoms with Gasteiger partial charge in [0, 0.05) is 17.8 Å². The maximum absolute atomic E-state index is 11.4. The molecule has 0 fully saturated rings. The molecule has 1 aliphatic heterocycles. The summed E-state index contributed by atoms with van der Waals surface area (Å²) in [7, 11) is 0. The summed E-state index contributed by atoms with van der Waals surface area (Å²) in [5.41, 5.74) is 3.91. The zero-order valence-electron chi connectivity index (χ0n) is 17.9. The Morgan fingerprint density at radius 3 is 2.81 bits per heavy atom. The van der Waals surface area contributed by atoms with Gasteiger partial charge in [0.15, 0.2) is 0 Å². The van der Waals surface area contributed by atoms with Crippen LogP contribution in [0.3, 0.4) is 0 Å². The molecular weight excluding hydrogens is 424 g/mol. The second kappa shape index (κ2) is 10.0. The Kier molecular flexibility index (Phi) is 6.93. The van der Waals surface area contributed by atoms with E-state index in [1.54, 1.807) is 19.2 Å². The fourth-order valence-electron chi connectivity index (χ4n) is 4.05. The van der Waals surface area contributed by atoms with Crippen LogP contribution in [-0.4, -0.2) is 35.2 Å². The summed E-state index contributed by atoms with van der Waals surface area (Å²) >= 11 is 6.24. The van der Waals surface area contributed by atoms with Crippen LogP contribution in [0, 0.1) is 0 Å². The molecule has 1 aromatic heterocycles. The summed E-state index contributed by atoms with van der Waals surface area (Å²) in [4.78, 5) is 15.9. The number of carboxylic acid groups (broad SMARTS) is 1. The quantitative estimate of drug-likeness (QED) is 0.398. The van der Waals surface area contributed by atoms with E-state index in [4.69, 9.17) is 11.6 Å². The number of nitrogens with one attached hydrogen (secondary N) is 3. The molecule has 2 heterocycles. The molecule has 3 atom stereocenters. The fourth-order valence-corrected chi connectivity index (χ4v) is 4.33. The Morgan fingerprint density at radius 1 is 1.22 bits per heavy atom. The predicted molar refractivity (Wildman–Crippen MR) is 129 cm³/mol. The summed E-state index contributed by atoms with van der Waals surface area (Å²) in [6.07, 6.45) is 2.55. The van der Waals surface area contributed by atoms with Crippen LogP contribution in [0.2, 0.25) is 5.02 Å². The van der Waals surface area contributed by atoms with Gasteiger partial charge in [-0.3, -0.25) is 4.79 Å². The van der Waals surface area contributed by atoms with Crippen LogP contribution in [0.25, 0.3) is 0 Å². The average molecular weight is 451 g/mol. The molecule has 2 aromatic carbocycles. The van der Waals surface area contributed by atoms with E-state index in [-0.39, 0.29) is 12.1 Å². The second-order valence-corrected chi connectivity index (χ2v) is 8.45. The minimum absolute atomic E-state index is 0.0727. The number of hydrogen-bond donors (Lipinski definition) is 4. The molecule has 0 saturated carbocycles. The summed E-state index contributed by atoms with van der Waals surface area (Å²) in [6, 6.07) is 20.1. The lowest BCUT2D eigenvalue weighted by atomic mass is 9.96. The smallest absolute Gasteiger partial charge is 0.310 e. The topological polar surface area (TPSA) is 86.3 Å². The van der Waals surface area contributed by atoms with E-state index in [0.29, 0.717) is 10.6 Å². The highest BCUT2D eigenvalue weighted by atomic mass is 35.5. The van der Waals surface area contributed by atoms with Crippen molar-refractivity contribution in [2.75, 3.05) is 23.7 Å². The number of hydrogen-bond acceptors (Lipinski definition) is 5. The summed E-state index contributed by atoms with van der Waals surface area (Å²) in [5, 5.41) is 20.6. The van der Waals surface area contributed by atoms with E-state index in [1.165, 1.54) is 5.56 Å². The number of aliphatic carboxylic acids is 1. The SMILES string of the molecule is C[C@H](C(=O)O)c1cc(CCN[C@H](c2ccccc2)[C@H]2CNc3cccnc3N2)ccc1Cl. The van der Waals surface area contributed by atoms with Crippen molar-refractivity contribution in [2.45, 2.75) is 31.3 Å². The normalized spacial score (nSPS) is 16.9. The molecule has 32 heavy (non-hydrogen) atoms. The van der Waals surface area contributed by atoms with Gasteiger partial charge in [0.2, 0.25) is 0 Å². The standard InChI is InChI=1S/C25H27ClN4O2/c1-16(25(31)32)19-14-17(9-10-20(19)26)11-13-27-23(18-6-3-2-4-7-18)22-15-29-21-8-5-12-28-24(21)30-22/h2-10,12,14,16,22-23,27,29H,11,13,15H2,1H3,(H,28,30)(H,31,32)/t16-,22+,23+/m0/s1. The van der Waals surface area contributed by atoms with Crippen molar-refractivity contribution in [1.29, 1.82) is 0 Å². The van der Waals surface area contributed by atoms with Crippen LogP contribution in [0.4, 0.5) is 11.5 Å². The first kappa shape index (κ1) is 22.1. The number of benzene rings is 2. The molecule has 0 spiro atoms. The van der Waals surface area contributed by atoms with Crippen molar-refractivity contribution in [2.24, 2.45) is 0 Å². The molecule has 0 unspecified atom stereocenters. The highest BCUT2D eigenvalue weighted by Gasteiger charge is 2.27. The van der Waals surface area contributed by atoms with Crippen LogP contribution in [0.5, 0.6) is 0 Å². The van der Waals surface area contributed by atoms with Gasteiger partial charge in [-0.1, -0.05) is 54.1 Å². The molecule has 1 aliphatic rings. The van der Waals surface area contributed by atoms with E-state index < -0.39 is 11.9 Å². The molecule has 4 rings (SSSR count). The minimum Gasteiger partial charge on any atom is -0.481 e. The van der Waals surface area contributed by atoms with E-state index in [2.05, 4.69) is 33.1 Å². The maximum Gasteiger partial charge on any atom is 0.310 e. The number of anilines is 2. The summed E-state index contributed by atoms with van der Waals surface area (Å²) in [5.74, 6) is -0.662. The van der Waals surface area contributed by atoms with Crippen LogP contribution in [0.1, 0.15) is 35.6 Å². The Morgan fingerprint density at radius 2 is 2.03 bits per heavy atom. The van der Waals surface area contributed by atoms with Gasteiger partial charge in [-0.2, -0.15) is 0 Å². The van der Waals surface area contributed by atoms with Gasteiger partial charge < -0.3 is 21.1 Å². The molecule has 0 saturated heterocycles. The van der Waals surface area contributed by atoms with Crippen LogP contribution < -0.4 is 16.0 Å². The molecule has 4 N–H and O–H groups in total. The Balaban J connectivity index is 1.47. The molecule has 0 amide bonds. The fraction of sp³-hybridized carbons (Fsp3) is 0.280. The van der Waals surface area contributed by atoms with Crippen LogP contribution in [-0.2, 0) is 11.2 Å². The van der Waals surface area contributed by atoms with Gasteiger partial charge in [-0.25, -0.2) is 4.98 Å². The molecule has 0 bridgehead atoms. The highest BCUT2D eigenvalue weighted by molar-refractivity contribution is 6.31. The molecule has 0 aliphatic carbocycles. The number of pyridine rings is 1. The molecule has 6 nitrogen and oxygen atoms in total. The second-order valence-electron chi connectivity index (χ2n) is 8.04. The highest BCUT2D eigenvalue weighted by Crippen LogP contribution is 2.29. The number of rotatable bonds is 8. The predicted octanol–water partition coefficient (Wildman–Crippen LogP) is 4.70. The molecular formula is C25H27ClN4O2. The monoisotopic (exact) mass is 450 g/mol. The lowest BCUT2D eigenvalue weighted by Gasteiger charge is -2.34. The first-order chi connectivity index (χ1) is 15.5. The third-order valence-corrected chi connectivity index (χ3v) is 6.22. The van der Waals surface area contributed by atoms with Gasteiger partial charge in [0.1, 0.15) is 5.82 Å². The number of carbonyl (C=O) groups is 1. The Hall–Kier alpha value is -3.09. The van der Waals surface area contributed by atoms with Crippen molar-refractivity contribution in [1.82, 2.24) is 10.3 Å². The molecule has 7 heteroatoms. The minimum atomic E-state index is -0.879. The molecule has 166 valence electrons. The average Bonchev–Trinajstić information content (AvgIpc) is 2.82. The third kappa shape index (κ3) is 5.03. The zero-order valence-corrected chi connectivity index (χ0v) is 18.6. The van der Waals surface area contributed by atoms with E-state index in [0.717, 1.165) is 36.6 Å². The number of halogens is 1. The molecule has 0 radical (unpaired) electrons. The van der Waals surface area contributed by atoms with E-state index in [9.17, 15) is 9.90 Å². The summed E-state index contributed by atoms with van der Waals surface area (Å²) < 4.78 is 0. The van der Waals surface area contributed by atoms with Crippen molar-refractivity contribution >= 4 is 29.1 Å². The Labute approximate surface area is 193 Å². The third-order valence-electron chi connectivity index (χ3n) is 5.88. The zero-order chi connectivity index (χ0) is 22.5. The molecule has 3 aromatic rings. The lowest BCUT2D eigenvalue weighted by Crippen LogP contribution is -2.44. The van der Waals surface area contributed by atoms with Gasteiger partial charge in [-0.05, 0) is 54.8 Å². The number of fused-ring (bicyclic) bond motifs is 1. The van der Waals surface area contributed by atoms with E-state index in [1.807, 2.05) is 42.5 Å². The number of nitrogens with zero attached hydrogens (tertiary/aromatic N) is 1. The van der Waals surface area contributed by atoms with E-state index >= 15 is 0 Å².